The highest BCUT2D eigenvalue weighted by Crippen LogP contribution is 2.26. The molecule has 1 fully saturated rings. The third-order valence-corrected chi connectivity index (χ3v) is 2.65. The van der Waals surface area contributed by atoms with Crippen molar-refractivity contribution in [3.63, 3.8) is 0 Å². The second-order valence-electron chi connectivity index (χ2n) is 2.51. The van der Waals surface area contributed by atoms with Crippen molar-refractivity contribution in [1.82, 2.24) is 0 Å². The molecule has 5 heteroatoms. The van der Waals surface area contributed by atoms with E-state index in [0.29, 0.717) is 0 Å². The molecule has 0 aliphatic carbocycles. The molecule has 1 N–H and O–H groups in total. The number of halogens is 1. The Labute approximate surface area is 79.0 Å². The molecule has 4 nitrogen and oxygen atoms in total. The first-order valence-corrected chi connectivity index (χ1v) is 4.47. The van der Waals surface area contributed by atoms with Crippen LogP contribution in [0.1, 0.15) is 6.92 Å². The number of hydrogen-bond acceptors (Lipinski definition) is 4. The van der Waals surface area contributed by atoms with E-state index in [1.807, 2.05) is 0 Å². The van der Waals surface area contributed by atoms with E-state index in [0.717, 1.165) is 0 Å². The Morgan fingerprint density at radius 2 is 2.50 bits per heavy atom. The number of hydrogen-bond donors (Lipinski definition) is 1. The van der Waals surface area contributed by atoms with Crippen molar-refractivity contribution in [3.8, 4) is 0 Å². The van der Waals surface area contributed by atoms with Gasteiger partial charge in [-0.15, -0.1) is 0 Å². The molecule has 1 rings (SSSR count). The molecule has 0 saturated carbocycles. The number of carbonyl (C=O) groups is 1. The van der Waals surface area contributed by atoms with Gasteiger partial charge in [0.1, 0.15) is 12.7 Å². The van der Waals surface area contributed by atoms with Crippen LogP contribution in [0.4, 0.5) is 0 Å². The van der Waals surface area contributed by atoms with E-state index in [1.54, 1.807) is 0 Å². The molecule has 1 radical (unpaired) electrons. The van der Waals surface area contributed by atoms with E-state index in [4.69, 9.17) is 14.6 Å². The molecule has 12 heavy (non-hydrogen) atoms. The second-order valence-corrected chi connectivity index (χ2v) is 3.57. The predicted octanol–water partition coefficient (Wildman–Crippen LogP) is 0.234. The minimum absolute atomic E-state index is 0.0931. The van der Waals surface area contributed by atoms with Crippen molar-refractivity contribution in [2.24, 2.45) is 0 Å². The minimum atomic E-state index is -0.403. The largest absolute Gasteiger partial charge is 0.458 e. The SMILES string of the molecule is CC(=O)O[C@H]1[CH]O[C@H](CO)[C@@H]1Br. The summed E-state index contributed by atoms with van der Waals surface area (Å²) in [6.45, 7) is 2.66. The lowest BCUT2D eigenvalue weighted by molar-refractivity contribution is -0.144. The van der Waals surface area contributed by atoms with Crippen LogP contribution in [0.15, 0.2) is 0 Å². The van der Waals surface area contributed by atoms with Gasteiger partial charge in [0.05, 0.1) is 17.5 Å². The Bertz CT molecular complexity index is 173. The van der Waals surface area contributed by atoms with Crippen molar-refractivity contribution in [1.29, 1.82) is 0 Å². The summed E-state index contributed by atoms with van der Waals surface area (Å²) >= 11 is 3.27. The summed E-state index contributed by atoms with van der Waals surface area (Å²) in [6, 6.07) is 0. The lowest BCUT2D eigenvalue weighted by atomic mass is 10.2. The van der Waals surface area contributed by atoms with Gasteiger partial charge in [0.2, 0.25) is 0 Å². The smallest absolute Gasteiger partial charge is 0.303 e. The van der Waals surface area contributed by atoms with Crippen molar-refractivity contribution < 1.29 is 19.4 Å². The highest BCUT2D eigenvalue weighted by atomic mass is 79.9. The number of ether oxygens (including phenoxy) is 2. The Morgan fingerprint density at radius 3 is 2.92 bits per heavy atom. The maximum atomic E-state index is 10.6. The van der Waals surface area contributed by atoms with E-state index in [1.165, 1.54) is 13.5 Å². The zero-order valence-electron chi connectivity index (χ0n) is 6.57. The molecule has 0 spiro atoms. The molecule has 69 valence electrons. The van der Waals surface area contributed by atoms with Gasteiger partial charge < -0.3 is 14.6 Å². The topological polar surface area (TPSA) is 55.8 Å². The summed E-state index contributed by atoms with van der Waals surface area (Å²) in [5.74, 6) is -0.358. The highest BCUT2D eigenvalue weighted by molar-refractivity contribution is 9.09. The summed E-state index contributed by atoms with van der Waals surface area (Å²) in [4.78, 5) is 10.4. The Balaban J connectivity index is 2.43. The first-order chi connectivity index (χ1) is 5.65. The maximum Gasteiger partial charge on any atom is 0.303 e. The molecule has 0 bridgehead atoms. The zero-order chi connectivity index (χ0) is 9.14. The van der Waals surface area contributed by atoms with Gasteiger partial charge in [0, 0.05) is 6.92 Å². The van der Waals surface area contributed by atoms with E-state index in [2.05, 4.69) is 15.9 Å². The van der Waals surface area contributed by atoms with E-state index in [9.17, 15) is 4.79 Å². The summed E-state index contributed by atoms with van der Waals surface area (Å²) in [5.41, 5.74) is 0. The van der Waals surface area contributed by atoms with Gasteiger partial charge in [-0.2, -0.15) is 0 Å². The van der Waals surface area contributed by atoms with E-state index < -0.39 is 6.10 Å². The Kier molecular flexibility index (Phi) is 3.49. The van der Waals surface area contributed by atoms with Gasteiger partial charge in [-0.1, -0.05) is 15.9 Å². The van der Waals surface area contributed by atoms with Crippen molar-refractivity contribution in [3.05, 3.63) is 6.61 Å². The Hall–Kier alpha value is -0.130. The molecular formula is C7H10BrO4. The van der Waals surface area contributed by atoms with Crippen LogP contribution < -0.4 is 0 Å². The third-order valence-electron chi connectivity index (χ3n) is 1.54. The average molecular weight is 238 g/mol. The van der Waals surface area contributed by atoms with Crippen molar-refractivity contribution in [2.75, 3.05) is 6.61 Å². The van der Waals surface area contributed by atoms with Gasteiger partial charge in [-0.3, -0.25) is 4.79 Å². The maximum absolute atomic E-state index is 10.6. The van der Waals surface area contributed by atoms with Gasteiger partial charge >= 0.3 is 5.97 Å². The van der Waals surface area contributed by atoms with Crippen LogP contribution in [-0.4, -0.2) is 34.7 Å². The van der Waals surface area contributed by atoms with Crippen LogP contribution in [0.2, 0.25) is 0 Å². The second kappa shape index (κ2) is 4.20. The molecular weight excluding hydrogens is 228 g/mol. The van der Waals surface area contributed by atoms with Crippen LogP contribution in [0.3, 0.4) is 0 Å². The molecule has 0 unspecified atom stereocenters. The monoisotopic (exact) mass is 237 g/mol. The number of carbonyl (C=O) groups excluding carboxylic acids is 1. The fourth-order valence-electron chi connectivity index (χ4n) is 0.968. The van der Waals surface area contributed by atoms with E-state index >= 15 is 0 Å². The normalized spacial score (nSPS) is 35.1. The van der Waals surface area contributed by atoms with Crippen LogP contribution in [0.5, 0.6) is 0 Å². The number of aliphatic hydroxyl groups is 1. The molecule has 0 aromatic heterocycles. The lowest BCUT2D eigenvalue weighted by Gasteiger charge is -2.14. The first kappa shape index (κ1) is 9.95. The van der Waals surface area contributed by atoms with Crippen molar-refractivity contribution >= 4 is 21.9 Å². The van der Waals surface area contributed by atoms with E-state index in [-0.39, 0.29) is 23.5 Å². The molecule has 0 aromatic carbocycles. The van der Waals surface area contributed by atoms with Gasteiger partial charge in [-0.25, -0.2) is 0 Å². The minimum Gasteiger partial charge on any atom is -0.458 e. The molecule has 1 saturated heterocycles. The fraction of sp³-hybridized carbons (Fsp3) is 0.714. The standard InChI is InChI=1S/C7H10BrO4/c1-4(10)12-6-3-11-5(2-9)7(6)8/h3,5-7,9H,2H2,1H3/t5-,6+,7+/m1/s1. The Morgan fingerprint density at radius 1 is 1.83 bits per heavy atom. The quantitative estimate of drug-likeness (QED) is 0.552. The highest BCUT2D eigenvalue weighted by Gasteiger charge is 2.37. The van der Waals surface area contributed by atoms with Crippen LogP contribution in [-0.2, 0) is 14.3 Å². The fourth-order valence-corrected chi connectivity index (χ4v) is 1.49. The number of alkyl halides is 1. The molecule has 1 aliphatic rings. The summed E-state index contributed by atoms with van der Waals surface area (Å²) in [5, 5.41) is 8.77. The zero-order valence-corrected chi connectivity index (χ0v) is 8.15. The summed E-state index contributed by atoms with van der Waals surface area (Å²) in [6.07, 6.45) is -0.728. The third kappa shape index (κ3) is 2.18. The number of rotatable bonds is 2. The number of aliphatic hydroxyl groups excluding tert-OH is 1. The van der Waals surface area contributed by atoms with Crippen LogP contribution in [0, 0.1) is 6.61 Å². The molecule has 1 heterocycles. The summed E-state index contributed by atoms with van der Waals surface area (Å²) in [7, 11) is 0. The average Bonchev–Trinajstić information content (AvgIpc) is 2.32. The summed E-state index contributed by atoms with van der Waals surface area (Å²) < 4.78 is 9.91. The molecule has 3 atom stereocenters. The van der Waals surface area contributed by atoms with Gasteiger partial charge in [0.15, 0.2) is 0 Å². The lowest BCUT2D eigenvalue weighted by Crippen LogP contribution is -2.29. The predicted molar refractivity (Wildman–Crippen MR) is 44.5 cm³/mol. The van der Waals surface area contributed by atoms with Crippen LogP contribution in [0.25, 0.3) is 0 Å². The first-order valence-electron chi connectivity index (χ1n) is 3.56. The van der Waals surface area contributed by atoms with Crippen LogP contribution >= 0.6 is 15.9 Å². The van der Waals surface area contributed by atoms with Gasteiger partial charge in [0.25, 0.3) is 0 Å². The van der Waals surface area contributed by atoms with Gasteiger partial charge in [-0.05, 0) is 0 Å². The molecule has 0 amide bonds. The molecule has 0 aromatic rings. The number of esters is 1. The van der Waals surface area contributed by atoms with Crippen molar-refractivity contribution in [2.45, 2.75) is 24.0 Å². The molecule has 1 aliphatic heterocycles.